The lowest BCUT2D eigenvalue weighted by Crippen LogP contribution is -2.26. The Labute approximate surface area is 144 Å². The van der Waals surface area contributed by atoms with Gasteiger partial charge in [-0.2, -0.15) is 11.1 Å². The zero-order valence-electron chi connectivity index (χ0n) is 13.7. The van der Waals surface area contributed by atoms with Gasteiger partial charge in [0.25, 0.3) is 0 Å². The predicted molar refractivity (Wildman–Crippen MR) is 95.5 cm³/mol. The molecule has 0 spiro atoms. The topological polar surface area (TPSA) is 0 Å². The highest BCUT2D eigenvalue weighted by Crippen LogP contribution is 2.41. The summed E-state index contributed by atoms with van der Waals surface area (Å²) in [4.78, 5) is 0. The third-order valence-corrected chi connectivity index (χ3v) is 9.31. The predicted octanol–water partition coefficient (Wildman–Crippen LogP) is 6.08. The van der Waals surface area contributed by atoms with Gasteiger partial charge < -0.3 is 0 Å². The van der Waals surface area contributed by atoms with Crippen molar-refractivity contribution >= 4 is 19.2 Å². The lowest BCUT2D eigenvalue weighted by atomic mass is 9.73. The van der Waals surface area contributed by atoms with Gasteiger partial charge in [0.1, 0.15) is 8.11 Å². The van der Waals surface area contributed by atoms with E-state index in [1.54, 1.807) is 6.07 Å². The number of halogens is 3. The van der Waals surface area contributed by atoms with Crippen molar-refractivity contribution < 1.29 is 8.78 Å². The average Bonchev–Trinajstić information content (AvgIpc) is 2.57. The molecule has 4 heteroatoms. The maximum absolute atomic E-state index is 13.2. The van der Waals surface area contributed by atoms with Crippen LogP contribution in [-0.4, -0.2) is 8.11 Å². The highest BCUT2D eigenvalue weighted by molar-refractivity contribution is 7.07. The zero-order chi connectivity index (χ0) is 16.2. The fraction of sp³-hybridized carbons (Fsp3) is 0.684. The summed E-state index contributed by atoms with van der Waals surface area (Å²) in [5, 5.41) is 0. The van der Waals surface area contributed by atoms with Gasteiger partial charge in [-0.1, -0.05) is 31.7 Å². The number of rotatable bonds is 4. The summed E-state index contributed by atoms with van der Waals surface area (Å²) in [5.41, 5.74) is 0.927. The van der Waals surface area contributed by atoms with E-state index >= 15 is 0 Å². The van der Waals surface area contributed by atoms with Crippen LogP contribution in [0.15, 0.2) is 18.2 Å². The van der Waals surface area contributed by atoms with Gasteiger partial charge in [-0.15, -0.1) is 0 Å². The van der Waals surface area contributed by atoms with Crippen LogP contribution in [0.25, 0.3) is 0 Å². The van der Waals surface area contributed by atoms with Crippen molar-refractivity contribution in [3.05, 3.63) is 35.4 Å². The Bertz CT molecular complexity index is 506. The van der Waals surface area contributed by atoms with Crippen LogP contribution in [0.2, 0.25) is 12.1 Å². The molecule has 1 aliphatic carbocycles. The maximum atomic E-state index is 13.2. The Morgan fingerprint density at radius 3 is 2.22 bits per heavy atom. The zero-order valence-corrected chi connectivity index (χ0v) is 15.7. The first-order valence-electron chi connectivity index (χ1n) is 9.20. The first kappa shape index (κ1) is 17.4. The highest BCUT2D eigenvalue weighted by atomic mass is 35.6. The lowest BCUT2D eigenvalue weighted by molar-refractivity contribution is 0.187. The summed E-state index contributed by atoms with van der Waals surface area (Å²) < 4.78 is 26.2. The molecule has 0 unspecified atom stereocenters. The summed E-state index contributed by atoms with van der Waals surface area (Å²) in [5.74, 6) is 1.16. The van der Waals surface area contributed by atoms with Gasteiger partial charge in [0.05, 0.1) is 0 Å². The van der Waals surface area contributed by atoms with E-state index in [0.29, 0.717) is 0 Å². The molecule has 0 amide bonds. The van der Waals surface area contributed by atoms with Crippen molar-refractivity contribution in [3.63, 3.8) is 0 Å². The molecule has 1 heterocycles. The second-order valence-electron chi connectivity index (χ2n) is 7.58. The molecule has 0 nitrogen and oxygen atoms in total. The van der Waals surface area contributed by atoms with Crippen LogP contribution in [-0.2, 0) is 6.42 Å². The smallest absolute Gasteiger partial charge is 0.159 e. The third kappa shape index (κ3) is 4.79. The van der Waals surface area contributed by atoms with Gasteiger partial charge >= 0.3 is 0 Å². The van der Waals surface area contributed by atoms with Gasteiger partial charge in [0.15, 0.2) is 11.6 Å². The fourth-order valence-electron chi connectivity index (χ4n) is 4.56. The van der Waals surface area contributed by atoms with Crippen LogP contribution in [0.4, 0.5) is 8.78 Å². The molecule has 3 rings (SSSR count). The van der Waals surface area contributed by atoms with E-state index in [2.05, 4.69) is 0 Å². The Balaban J connectivity index is 1.41. The largest absolute Gasteiger partial charge is 0.204 e. The second-order valence-corrected chi connectivity index (χ2v) is 11.8. The van der Waals surface area contributed by atoms with E-state index in [4.69, 9.17) is 11.1 Å². The molecule has 1 aliphatic heterocycles. The van der Waals surface area contributed by atoms with E-state index in [-0.39, 0.29) is 0 Å². The molecule has 0 atom stereocenters. The van der Waals surface area contributed by atoms with Crippen LogP contribution in [0.1, 0.15) is 50.5 Å². The minimum Gasteiger partial charge on any atom is -0.204 e. The third-order valence-electron chi connectivity index (χ3n) is 6.08. The van der Waals surface area contributed by atoms with Gasteiger partial charge in [0.2, 0.25) is 0 Å². The monoisotopic (exact) mass is 356 g/mol. The minimum absolute atomic E-state index is 0.718. The molecule has 0 bridgehead atoms. The molecule has 1 saturated heterocycles. The second kappa shape index (κ2) is 8.11. The normalized spacial score (nSPS) is 32.0. The number of hydrogen-bond donors (Lipinski definition) is 0. The summed E-state index contributed by atoms with van der Waals surface area (Å²) >= 11 is 6.35. The van der Waals surface area contributed by atoms with Crippen molar-refractivity contribution in [1.82, 2.24) is 0 Å². The van der Waals surface area contributed by atoms with Crippen molar-refractivity contribution in [2.24, 2.45) is 17.8 Å². The van der Waals surface area contributed by atoms with Gasteiger partial charge in [-0.25, -0.2) is 8.78 Å². The van der Waals surface area contributed by atoms with Crippen LogP contribution >= 0.6 is 11.1 Å². The van der Waals surface area contributed by atoms with Crippen molar-refractivity contribution in [2.75, 3.05) is 0 Å². The molecule has 1 aromatic rings. The van der Waals surface area contributed by atoms with Gasteiger partial charge in [-0.3, -0.25) is 0 Å². The molecular formula is C19H27ClF2Si. The first-order chi connectivity index (χ1) is 11.1. The van der Waals surface area contributed by atoms with Crippen molar-refractivity contribution in [2.45, 2.75) is 63.5 Å². The Kier molecular flexibility index (Phi) is 6.14. The molecular weight excluding hydrogens is 330 g/mol. The minimum atomic E-state index is -0.839. The van der Waals surface area contributed by atoms with Crippen LogP contribution < -0.4 is 0 Å². The van der Waals surface area contributed by atoms with E-state index in [9.17, 15) is 8.78 Å². The van der Waals surface area contributed by atoms with Gasteiger partial charge in [0, 0.05) is 0 Å². The standard InChI is InChI=1S/C19H27ClF2Si/c20-23-11-9-17(10-12-23)16-6-3-14(4-7-16)1-2-15-5-8-18(21)19(22)13-15/h5,8,13-14,16-17,23H,1-4,6-7,9-12H2. The molecule has 0 radical (unpaired) electrons. The Hall–Kier alpha value is -0.413. The highest BCUT2D eigenvalue weighted by Gasteiger charge is 2.30. The number of hydrogen-bond acceptors (Lipinski definition) is 0. The molecule has 2 fully saturated rings. The maximum Gasteiger partial charge on any atom is 0.159 e. The lowest BCUT2D eigenvalue weighted by Gasteiger charge is -2.36. The van der Waals surface area contributed by atoms with E-state index in [1.807, 2.05) is 0 Å². The molecule has 2 aliphatic rings. The Morgan fingerprint density at radius 2 is 1.57 bits per heavy atom. The Morgan fingerprint density at radius 1 is 0.913 bits per heavy atom. The first-order valence-corrected chi connectivity index (χ1v) is 12.6. The summed E-state index contributed by atoms with van der Waals surface area (Å²) in [6.45, 7) is 0. The van der Waals surface area contributed by atoms with Crippen LogP contribution in [0.3, 0.4) is 0 Å². The summed E-state index contributed by atoms with van der Waals surface area (Å²) in [6.07, 6.45) is 10.1. The van der Waals surface area contributed by atoms with E-state index in [0.717, 1.165) is 36.2 Å². The van der Waals surface area contributed by atoms with Gasteiger partial charge in [-0.05, 0) is 73.2 Å². The SMILES string of the molecule is Fc1ccc(CCC2CCC(C3CC[SiH](Cl)CC3)CC2)cc1F. The quantitative estimate of drug-likeness (QED) is 0.453. The van der Waals surface area contributed by atoms with E-state index < -0.39 is 19.7 Å². The van der Waals surface area contributed by atoms with E-state index in [1.165, 1.54) is 62.7 Å². The fourth-order valence-corrected chi connectivity index (χ4v) is 7.19. The van der Waals surface area contributed by atoms with Crippen LogP contribution in [0.5, 0.6) is 0 Å². The summed E-state index contributed by atoms with van der Waals surface area (Å²) in [6, 6.07) is 7.00. The number of aryl methyl sites for hydroxylation is 1. The van der Waals surface area contributed by atoms with Crippen LogP contribution in [0, 0.1) is 29.4 Å². The molecule has 1 aromatic carbocycles. The molecule has 23 heavy (non-hydrogen) atoms. The molecule has 0 N–H and O–H groups in total. The molecule has 0 aromatic heterocycles. The molecule has 128 valence electrons. The molecule has 1 saturated carbocycles. The number of benzene rings is 1. The van der Waals surface area contributed by atoms with Crippen molar-refractivity contribution in [3.8, 4) is 0 Å². The van der Waals surface area contributed by atoms with Crippen molar-refractivity contribution in [1.29, 1.82) is 0 Å². The summed E-state index contributed by atoms with van der Waals surface area (Å²) in [7, 11) is -0.839. The average molecular weight is 357 g/mol.